The molecule has 136 valence electrons. The predicted molar refractivity (Wildman–Crippen MR) is 108 cm³/mol. The summed E-state index contributed by atoms with van der Waals surface area (Å²) in [5, 5.41) is 8.08. The van der Waals surface area contributed by atoms with E-state index >= 15 is 0 Å². The molecule has 0 bridgehead atoms. The zero-order chi connectivity index (χ0) is 18.8. The first kappa shape index (κ1) is 17.0. The van der Waals surface area contributed by atoms with Crippen molar-refractivity contribution in [2.24, 2.45) is 0 Å². The molecular weight excluding hydrogens is 340 g/mol. The maximum Gasteiger partial charge on any atom is 0.246 e. The zero-order valence-electron chi connectivity index (χ0n) is 15.2. The molecule has 3 aromatic carbocycles. The lowest BCUT2D eigenvalue weighted by atomic mass is 10.1. The number of benzene rings is 3. The molecule has 0 fully saturated rings. The number of carbonyl (C=O) groups is 1. The molecule has 1 unspecified atom stereocenters. The largest absolute Gasteiger partial charge is 0.495 e. The number of carbonyl (C=O) groups excluding carboxylic acids is 1. The summed E-state index contributed by atoms with van der Waals surface area (Å²) in [4.78, 5) is 12.6. The van der Waals surface area contributed by atoms with E-state index in [1.807, 2.05) is 67.6 Å². The summed E-state index contributed by atoms with van der Waals surface area (Å²) < 4.78 is 11.4. The van der Waals surface area contributed by atoms with E-state index in [2.05, 4.69) is 10.6 Å². The SMILES string of the molecule is COc1cc2c(cc1NC(=O)C(C)Nc1ccccc1)oc1ccccc12. The van der Waals surface area contributed by atoms with Gasteiger partial charge in [0.1, 0.15) is 23.0 Å². The van der Waals surface area contributed by atoms with Crippen molar-refractivity contribution in [2.75, 3.05) is 17.7 Å². The maximum atomic E-state index is 12.6. The highest BCUT2D eigenvalue weighted by Gasteiger charge is 2.17. The Hall–Kier alpha value is -3.47. The number of amides is 1. The first-order chi connectivity index (χ1) is 13.2. The standard InChI is InChI=1S/C22H20N2O3/c1-14(23-15-8-4-3-5-9-15)22(25)24-18-13-20-17(12-21(18)26-2)16-10-6-7-11-19(16)27-20/h3-14,23H,1-2H3,(H,24,25). The number of ether oxygens (including phenoxy) is 1. The number of para-hydroxylation sites is 2. The summed E-state index contributed by atoms with van der Waals surface area (Å²) in [6.45, 7) is 1.81. The van der Waals surface area contributed by atoms with E-state index in [1.165, 1.54) is 0 Å². The lowest BCUT2D eigenvalue weighted by Crippen LogP contribution is -2.31. The molecule has 5 heteroatoms. The van der Waals surface area contributed by atoms with Gasteiger partial charge in [0, 0.05) is 22.5 Å². The molecule has 0 aliphatic rings. The second-order valence-corrected chi connectivity index (χ2v) is 6.37. The molecule has 0 aliphatic carbocycles. The molecule has 1 heterocycles. The highest BCUT2D eigenvalue weighted by atomic mass is 16.5. The van der Waals surface area contributed by atoms with Crippen molar-refractivity contribution >= 4 is 39.2 Å². The quantitative estimate of drug-likeness (QED) is 0.524. The highest BCUT2D eigenvalue weighted by molar-refractivity contribution is 6.08. The van der Waals surface area contributed by atoms with E-state index in [1.54, 1.807) is 13.2 Å². The molecule has 1 aromatic heterocycles. The van der Waals surface area contributed by atoms with E-state index in [4.69, 9.17) is 9.15 Å². The van der Waals surface area contributed by atoms with Crippen molar-refractivity contribution in [1.29, 1.82) is 0 Å². The first-order valence-electron chi connectivity index (χ1n) is 8.77. The Balaban J connectivity index is 1.62. The summed E-state index contributed by atoms with van der Waals surface area (Å²) in [6, 6.07) is 20.7. The van der Waals surface area contributed by atoms with E-state index in [-0.39, 0.29) is 5.91 Å². The fraction of sp³-hybridized carbons (Fsp3) is 0.136. The Morgan fingerprint density at radius 1 is 0.963 bits per heavy atom. The van der Waals surface area contributed by atoms with Gasteiger partial charge in [-0.15, -0.1) is 0 Å². The first-order valence-corrected chi connectivity index (χ1v) is 8.77. The molecule has 0 aliphatic heterocycles. The van der Waals surface area contributed by atoms with Gasteiger partial charge in [-0.3, -0.25) is 4.79 Å². The van der Waals surface area contributed by atoms with Crippen molar-refractivity contribution in [3.63, 3.8) is 0 Å². The third kappa shape index (κ3) is 3.31. The number of hydrogen-bond donors (Lipinski definition) is 2. The van der Waals surface area contributed by atoms with Crippen LogP contribution < -0.4 is 15.4 Å². The van der Waals surface area contributed by atoms with Gasteiger partial charge in [0.15, 0.2) is 0 Å². The minimum absolute atomic E-state index is 0.160. The van der Waals surface area contributed by atoms with Crippen molar-refractivity contribution in [1.82, 2.24) is 0 Å². The molecule has 27 heavy (non-hydrogen) atoms. The van der Waals surface area contributed by atoms with Crippen LogP contribution in [0.4, 0.5) is 11.4 Å². The Bertz CT molecular complexity index is 1100. The van der Waals surface area contributed by atoms with Gasteiger partial charge in [-0.25, -0.2) is 0 Å². The predicted octanol–water partition coefficient (Wildman–Crippen LogP) is 5.03. The zero-order valence-corrected chi connectivity index (χ0v) is 15.2. The van der Waals surface area contributed by atoms with Crippen LogP contribution in [0.25, 0.3) is 21.9 Å². The van der Waals surface area contributed by atoms with E-state index < -0.39 is 6.04 Å². The van der Waals surface area contributed by atoms with Gasteiger partial charge < -0.3 is 19.8 Å². The van der Waals surface area contributed by atoms with Crippen LogP contribution in [0.15, 0.2) is 71.1 Å². The van der Waals surface area contributed by atoms with Crippen LogP contribution in [0, 0.1) is 0 Å². The van der Waals surface area contributed by atoms with Crippen LogP contribution in [-0.4, -0.2) is 19.1 Å². The number of hydrogen-bond acceptors (Lipinski definition) is 4. The van der Waals surface area contributed by atoms with Gasteiger partial charge in [0.25, 0.3) is 0 Å². The third-order valence-corrected chi connectivity index (χ3v) is 4.51. The molecule has 0 radical (unpaired) electrons. The minimum Gasteiger partial charge on any atom is -0.495 e. The van der Waals surface area contributed by atoms with Crippen LogP contribution in [0.3, 0.4) is 0 Å². The number of furan rings is 1. The summed E-state index contributed by atoms with van der Waals surface area (Å²) in [7, 11) is 1.59. The fourth-order valence-corrected chi connectivity index (χ4v) is 3.11. The molecule has 4 aromatic rings. The fourth-order valence-electron chi connectivity index (χ4n) is 3.11. The number of nitrogens with one attached hydrogen (secondary N) is 2. The van der Waals surface area contributed by atoms with Gasteiger partial charge in [-0.05, 0) is 31.2 Å². The normalized spacial score (nSPS) is 12.1. The minimum atomic E-state index is -0.413. The van der Waals surface area contributed by atoms with Gasteiger partial charge in [0.2, 0.25) is 5.91 Å². The number of rotatable bonds is 5. The van der Waals surface area contributed by atoms with Gasteiger partial charge in [0.05, 0.1) is 12.8 Å². The molecule has 1 amide bonds. The Kier molecular flexibility index (Phi) is 4.42. The number of fused-ring (bicyclic) bond motifs is 3. The van der Waals surface area contributed by atoms with Crippen molar-refractivity contribution in [3.05, 3.63) is 66.7 Å². The molecule has 2 N–H and O–H groups in total. The summed E-state index contributed by atoms with van der Waals surface area (Å²) in [5.74, 6) is 0.432. The summed E-state index contributed by atoms with van der Waals surface area (Å²) in [6.07, 6.45) is 0. The molecule has 1 atom stereocenters. The molecule has 0 saturated heterocycles. The second-order valence-electron chi connectivity index (χ2n) is 6.37. The van der Waals surface area contributed by atoms with Crippen LogP contribution in [-0.2, 0) is 4.79 Å². The maximum absolute atomic E-state index is 12.6. The average Bonchev–Trinajstić information content (AvgIpc) is 3.05. The highest BCUT2D eigenvalue weighted by Crippen LogP contribution is 2.36. The second kappa shape index (κ2) is 7.03. The lowest BCUT2D eigenvalue weighted by Gasteiger charge is -2.16. The number of anilines is 2. The van der Waals surface area contributed by atoms with Crippen LogP contribution in [0.2, 0.25) is 0 Å². The Labute approximate surface area is 156 Å². The van der Waals surface area contributed by atoms with Crippen molar-refractivity contribution in [2.45, 2.75) is 13.0 Å². The van der Waals surface area contributed by atoms with Crippen LogP contribution in [0.1, 0.15) is 6.92 Å². The molecule has 5 nitrogen and oxygen atoms in total. The van der Waals surface area contributed by atoms with Crippen molar-refractivity contribution < 1.29 is 13.9 Å². The average molecular weight is 360 g/mol. The monoisotopic (exact) mass is 360 g/mol. The lowest BCUT2D eigenvalue weighted by molar-refractivity contribution is -0.116. The van der Waals surface area contributed by atoms with Crippen LogP contribution in [0.5, 0.6) is 5.75 Å². The van der Waals surface area contributed by atoms with E-state index in [9.17, 15) is 4.79 Å². The van der Waals surface area contributed by atoms with E-state index in [0.717, 1.165) is 22.0 Å². The third-order valence-electron chi connectivity index (χ3n) is 4.51. The summed E-state index contributed by atoms with van der Waals surface area (Å²) in [5.41, 5.74) is 2.98. The Morgan fingerprint density at radius 2 is 1.70 bits per heavy atom. The molecule has 0 spiro atoms. The molecule has 0 saturated carbocycles. The number of methoxy groups -OCH3 is 1. The molecular formula is C22H20N2O3. The van der Waals surface area contributed by atoms with Gasteiger partial charge in [-0.1, -0.05) is 36.4 Å². The van der Waals surface area contributed by atoms with Crippen LogP contribution >= 0.6 is 0 Å². The van der Waals surface area contributed by atoms with E-state index in [0.29, 0.717) is 17.0 Å². The van der Waals surface area contributed by atoms with Crippen molar-refractivity contribution in [3.8, 4) is 5.75 Å². The summed E-state index contributed by atoms with van der Waals surface area (Å²) >= 11 is 0. The Morgan fingerprint density at radius 3 is 2.48 bits per heavy atom. The van der Waals surface area contributed by atoms with Gasteiger partial charge in [-0.2, -0.15) is 0 Å². The topological polar surface area (TPSA) is 63.5 Å². The smallest absolute Gasteiger partial charge is 0.246 e. The van der Waals surface area contributed by atoms with Gasteiger partial charge >= 0.3 is 0 Å². The molecule has 4 rings (SSSR count).